The normalized spacial score (nSPS) is 14.4. The number of hydrogen-bond acceptors (Lipinski definition) is 3. The SMILES string of the molecule is O=C(Cn1nc(-c2ccccc2)ccc1=O)N1CCCC1. The number of hydrogen-bond donors (Lipinski definition) is 0. The van der Waals surface area contributed by atoms with E-state index < -0.39 is 0 Å². The first-order chi connectivity index (χ1) is 10.2. The Morgan fingerprint density at radius 1 is 1.05 bits per heavy atom. The summed E-state index contributed by atoms with van der Waals surface area (Å²) in [5.41, 5.74) is 1.38. The van der Waals surface area contributed by atoms with Crippen molar-refractivity contribution in [2.75, 3.05) is 13.1 Å². The Hall–Kier alpha value is -2.43. The van der Waals surface area contributed by atoms with Gasteiger partial charge in [0.15, 0.2) is 0 Å². The molecule has 0 aliphatic carbocycles. The van der Waals surface area contributed by atoms with Crippen molar-refractivity contribution in [1.29, 1.82) is 0 Å². The maximum atomic E-state index is 12.1. The van der Waals surface area contributed by atoms with E-state index in [1.165, 1.54) is 10.7 Å². The minimum atomic E-state index is -0.248. The van der Waals surface area contributed by atoms with Gasteiger partial charge in [-0.05, 0) is 18.9 Å². The molecule has 2 aromatic rings. The zero-order chi connectivity index (χ0) is 14.7. The molecule has 0 unspecified atom stereocenters. The summed E-state index contributed by atoms with van der Waals surface area (Å²) in [5, 5.41) is 4.31. The molecule has 0 radical (unpaired) electrons. The van der Waals surface area contributed by atoms with Gasteiger partial charge in [-0.2, -0.15) is 5.10 Å². The Kier molecular flexibility index (Phi) is 3.81. The van der Waals surface area contributed by atoms with E-state index in [1.807, 2.05) is 30.3 Å². The first-order valence-electron chi connectivity index (χ1n) is 7.15. The Bertz CT molecular complexity index is 688. The fraction of sp³-hybridized carbons (Fsp3) is 0.312. The van der Waals surface area contributed by atoms with Gasteiger partial charge in [0, 0.05) is 24.7 Å². The number of benzene rings is 1. The molecule has 2 heterocycles. The molecular weight excluding hydrogens is 266 g/mol. The molecule has 0 saturated carbocycles. The molecule has 0 bridgehead atoms. The van der Waals surface area contributed by atoms with Gasteiger partial charge >= 0.3 is 0 Å². The van der Waals surface area contributed by atoms with Crippen LogP contribution in [0.25, 0.3) is 11.3 Å². The Morgan fingerprint density at radius 2 is 1.76 bits per heavy atom. The van der Waals surface area contributed by atoms with Crippen LogP contribution in [0.5, 0.6) is 0 Å². The largest absolute Gasteiger partial charge is 0.341 e. The van der Waals surface area contributed by atoms with Crippen molar-refractivity contribution in [3.63, 3.8) is 0 Å². The lowest BCUT2D eigenvalue weighted by Gasteiger charge is -2.15. The van der Waals surface area contributed by atoms with Crippen LogP contribution < -0.4 is 5.56 Å². The zero-order valence-corrected chi connectivity index (χ0v) is 11.7. The lowest BCUT2D eigenvalue weighted by Crippen LogP contribution is -2.35. The van der Waals surface area contributed by atoms with Gasteiger partial charge in [0.2, 0.25) is 5.91 Å². The number of carbonyl (C=O) groups is 1. The van der Waals surface area contributed by atoms with Crippen molar-refractivity contribution in [2.45, 2.75) is 19.4 Å². The van der Waals surface area contributed by atoms with E-state index in [-0.39, 0.29) is 18.0 Å². The zero-order valence-electron chi connectivity index (χ0n) is 11.7. The monoisotopic (exact) mass is 283 g/mol. The molecule has 1 aromatic heterocycles. The van der Waals surface area contributed by atoms with Crippen molar-refractivity contribution in [3.05, 3.63) is 52.8 Å². The van der Waals surface area contributed by atoms with Crippen molar-refractivity contribution < 1.29 is 4.79 Å². The molecule has 5 nitrogen and oxygen atoms in total. The van der Waals surface area contributed by atoms with Gasteiger partial charge in [0.25, 0.3) is 5.56 Å². The molecule has 1 fully saturated rings. The summed E-state index contributed by atoms with van der Waals surface area (Å²) in [6, 6.07) is 12.8. The van der Waals surface area contributed by atoms with Gasteiger partial charge in [-0.15, -0.1) is 0 Å². The highest BCUT2D eigenvalue weighted by molar-refractivity contribution is 5.76. The fourth-order valence-corrected chi connectivity index (χ4v) is 2.52. The smallest absolute Gasteiger partial charge is 0.267 e. The maximum absolute atomic E-state index is 12.1. The van der Waals surface area contributed by atoms with Gasteiger partial charge in [-0.25, -0.2) is 4.68 Å². The minimum Gasteiger partial charge on any atom is -0.341 e. The third-order valence-electron chi connectivity index (χ3n) is 3.68. The molecular formula is C16H17N3O2. The predicted molar refractivity (Wildman–Crippen MR) is 79.7 cm³/mol. The van der Waals surface area contributed by atoms with Crippen LogP contribution in [0.15, 0.2) is 47.3 Å². The second kappa shape index (κ2) is 5.91. The highest BCUT2D eigenvalue weighted by atomic mass is 16.2. The van der Waals surface area contributed by atoms with E-state index in [9.17, 15) is 9.59 Å². The number of carbonyl (C=O) groups excluding carboxylic acids is 1. The van der Waals surface area contributed by atoms with E-state index in [2.05, 4.69) is 5.10 Å². The predicted octanol–water partition coefficient (Wildman–Crippen LogP) is 1.53. The summed E-state index contributed by atoms with van der Waals surface area (Å²) in [7, 11) is 0. The van der Waals surface area contributed by atoms with Crippen LogP contribution in [-0.4, -0.2) is 33.7 Å². The first kappa shape index (κ1) is 13.5. The number of amides is 1. The second-order valence-corrected chi connectivity index (χ2v) is 5.17. The number of nitrogens with zero attached hydrogens (tertiary/aromatic N) is 3. The summed E-state index contributed by atoms with van der Waals surface area (Å²) in [4.78, 5) is 25.8. The van der Waals surface area contributed by atoms with Gasteiger partial charge in [0.05, 0.1) is 5.69 Å². The molecule has 1 aromatic carbocycles. The summed E-state index contributed by atoms with van der Waals surface area (Å²) in [6.07, 6.45) is 2.08. The molecule has 0 spiro atoms. The van der Waals surface area contributed by atoms with Crippen LogP contribution in [0.1, 0.15) is 12.8 Å². The Balaban J connectivity index is 1.85. The van der Waals surface area contributed by atoms with Crippen LogP contribution in [0, 0.1) is 0 Å². The molecule has 5 heteroatoms. The van der Waals surface area contributed by atoms with Crippen molar-refractivity contribution >= 4 is 5.91 Å². The average molecular weight is 283 g/mol. The fourth-order valence-electron chi connectivity index (χ4n) is 2.52. The van der Waals surface area contributed by atoms with Gasteiger partial charge in [-0.1, -0.05) is 30.3 Å². The number of likely N-dealkylation sites (tertiary alicyclic amines) is 1. The Labute approximate surface area is 122 Å². The lowest BCUT2D eigenvalue weighted by atomic mass is 10.1. The van der Waals surface area contributed by atoms with Gasteiger partial charge in [-0.3, -0.25) is 9.59 Å². The Morgan fingerprint density at radius 3 is 2.48 bits per heavy atom. The molecule has 3 rings (SSSR count). The van der Waals surface area contributed by atoms with Crippen molar-refractivity contribution in [1.82, 2.24) is 14.7 Å². The van der Waals surface area contributed by atoms with Crippen LogP contribution in [0.2, 0.25) is 0 Å². The minimum absolute atomic E-state index is 0.0134. The third-order valence-corrected chi connectivity index (χ3v) is 3.68. The van der Waals surface area contributed by atoms with Gasteiger partial charge in [0.1, 0.15) is 6.54 Å². The topological polar surface area (TPSA) is 55.2 Å². The number of rotatable bonds is 3. The molecule has 1 aliphatic heterocycles. The van der Waals surface area contributed by atoms with Crippen LogP contribution in [-0.2, 0) is 11.3 Å². The van der Waals surface area contributed by atoms with E-state index in [0.29, 0.717) is 5.69 Å². The molecule has 0 N–H and O–H groups in total. The molecule has 1 saturated heterocycles. The molecule has 108 valence electrons. The number of aromatic nitrogens is 2. The standard InChI is InChI=1S/C16H17N3O2/c20-15-9-8-14(13-6-2-1-3-7-13)17-19(15)12-16(21)18-10-4-5-11-18/h1-3,6-9H,4-5,10-12H2. The van der Waals surface area contributed by atoms with Crippen molar-refractivity contribution in [2.24, 2.45) is 0 Å². The lowest BCUT2D eigenvalue weighted by molar-refractivity contribution is -0.131. The molecule has 0 atom stereocenters. The highest BCUT2D eigenvalue weighted by Crippen LogP contribution is 2.14. The summed E-state index contributed by atoms with van der Waals surface area (Å²) in [5.74, 6) is -0.0349. The maximum Gasteiger partial charge on any atom is 0.267 e. The van der Waals surface area contributed by atoms with E-state index in [0.717, 1.165) is 31.5 Å². The highest BCUT2D eigenvalue weighted by Gasteiger charge is 2.19. The summed E-state index contributed by atoms with van der Waals surface area (Å²) in [6.45, 7) is 1.58. The van der Waals surface area contributed by atoms with Gasteiger partial charge < -0.3 is 4.90 Å². The summed E-state index contributed by atoms with van der Waals surface area (Å²) >= 11 is 0. The van der Waals surface area contributed by atoms with E-state index in [4.69, 9.17) is 0 Å². The van der Waals surface area contributed by atoms with E-state index >= 15 is 0 Å². The van der Waals surface area contributed by atoms with Crippen LogP contribution in [0.3, 0.4) is 0 Å². The van der Waals surface area contributed by atoms with E-state index in [1.54, 1.807) is 11.0 Å². The van der Waals surface area contributed by atoms with Crippen LogP contribution >= 0.6 is 0 Å². The molecule has 21 heavy (non-hydrogen) atoms. The first-order valence-corrected chi connectivity index (χ1v) is 7.15. The summed E-state index contributed by atoms with van der Waals surface area (Å²) < 4.78 is 1.25. The quantitative estimate of drug-likeness (QED) is 0.858. The van der Waals surface area contributed by atoms with Crippen LogP contribution in [0.4, 0.5) is 0 Å². The van der Waals surface area contributed by atoms with Crippen molar-refractivity contribution in [3.8, 4) is 11.3 Å². The molecule has 1 amide bonds. The second-order valence-electron chi connectivity index (χ2n) is 5.17. The average Bonchev–Trinajstić information content (AvgIpc) is 3.05. The third kappa shape index (κ3) is 3.02. The molecule has 1 aliphatic rings.